The first kappa shape index (κ1) is 24.3. The zero-order valence-corrected chi connectivity index (χ0v) is 20.5. The van der Waals surface area contributed by atoms with Crippen LogP contribution in [-0.2, 0) is 15.5 Å². The lowest BCUT2D eigenvalue weighted by atomic mass is 9.71. The topological polar surface area (TPSA) is 96.8 Å². The zero-order chi connectivity index (χ0) is 25.2. The lowest BCUT2D eigenvalue weighted by Crippen LogP contribution is -2.25. The number of fused-ring (bicyclic) bond motifs is 1. The van der Waals surface area contributed by atoms with E-state index in [9.17, 15) is 13.2 Å². The number of hydrogen-bond acceptors (Lipinski definition) is 4. The van der Waals surface area contributed by atoms with Gasteiger partial charge < -0.3 is 9.71 Å². The molecule has 1 aliphatic carbocycles. The minimum absolute atomic E-state index is 0.130. The quantitative estimate of drug-likeness (QED) is 0.251. The van der Waals surface area contributed by atoms with Gasteiger partial charge in [-0.2, -0.15) is 13.2 Å². The Balaban J connectivity index is 1.66. The van der Waals surface area contributed by atoms with Gasteiger partial charge in [-0.25, -0.2) is 0 Å². The minimum Gasteiger partial charge on any atom is -0.379 e. The first-order valence-electron chi connectivity index (χ1n) is 11.2. The van der Waals surface area contributed by atoms with Crippen molar-refractivity contribution in [2.45, 2.75) is 37.5 Å². The molecule has 1 aliphatic rings. The van der Waals surface area contributed by atoms with E-state index in [2.05, 4.69) is 43.8 Å². The Kier molecular flexibility index (Phi) is 6.57. The molecule has 0 amide bonds. The number of hydrogen-bond donors (Lipinski definition) is 0. The second kappa shape index (κ2) is 9.45. The van der Waals surface area contributed by atoms with Gasteiger partial charge in [-0.15, -0.1) is 0 Å². The van der Waals surface area contributed by atoms with Crippen LogP contribution < -0.4 is 4.18 Å². The fourth-order valence-electron chi connectivity index (χ4n) is 4.61. The van der Waals surface area contributed by atoms with Crippen molar-refractivity contribution in [3.63, 3.8) is 0 Å². The highest BCUT2D eigenvalue weighted by atomic mass is 32.2. The monoisotopic (exact) mass is 485 g/mol. The van der Waals surface area contributed by atoms with Gasteiger partial charge in [-0.05, 0) is 53.8 Å². The van der Waals surface area contributed by atoms with Crippen molar-refractivity contribution in [3.8, 4) is 5.75 Å². The number of rotatable bonds is 7. The Morgan fingerprint density at radius 3 is 2.29 bits per heavy atom. The van der Waals surface area contributed by atoms with E-state index in [-0.39, 0.29) is 32.9 Å². The second-order valence-electron chi connectivity index (χ2n) is 9.15. The molecule has 1 radical (unpaired) electrons. The van der Waals surface area contributed by atoms with Crippen LogP contribution in [0.15, 0.2) is 77.7 Å². The first-order valence-corrected chi connectivity index (χ1v) is 12.7. The van der Waals surface area contributed by atoms with E-state index in [0.717, 1.165) is 17.5 Å². The maximum absolute atomic E-state index is 13.1. The van der Waals surface area contributed by atoms with E-state index >= 15 is 0 Å². The number of ketones is 1. The fraction of sp³-hybridized carbons (Fsp3) is 0.214. The van der Waals surface area contributed by atoms with E-state index in [1.807, 2.05) is 24.3 Å². The first-order chi connectivity index (χ1) is 16.7. The molecule has 0 spiro atoms. The highest BCUT2D eigenvalue weighted by Crippen LogP contribution is 2.38. The predicted molar refractivity (Wildman–Crippen MR) is 134 cm³/mol. The maximum Gasteiger partial charge on any atom is 0.362 e. The molecule has 0 heterocycles. The molecular weight excluding hydrogens is 460 g/mol. The molecule has 0 saturated carbocycles. The molecule has 0 fully saturated rings. The van der Waals surface area contributed by atoms with Gasteiger partial charge in [-0.1, -0.05) is 69.3 Å². The molecule has 1 unspecified atom stereocenters. The molecule has 177 valence electrons. The SMILES string of the molecule is CC(C)CC(C)(c1cc[c]cc1)c1ccc(OS(=O)(=O)c2cccc3c2C=CC(=[N+]=[N-])C3=O)cc1. The summed E-state index contributed by atoms with van der Waals surface area (Å²) in [4.78, 5) is 15.2. The molecule has 1 atom stereocenters. The zero-order valence-electron chi connectivity index (χ0n) is 19.7. The Morgan fingerprint density at radius 1 is 1.00 bits per heavy atom. The lowest BCUT2D eigenvalue weighted by molar-refractivity contribution is -0.00436. The van der Waals surface area contributed by atoms with Crippen LogP contribution in [-0.4, -0.2) is 24.7 Å². The minimum atomic E-state index is -4.23. The van der Waals surface area contributed by atoms with Crippen LogP contribution in [0.4, 0.5) is 0 Å². The third kappa shape index (κ3) is 4.74. The number of nitrogens with zero attached hydrogens (tertiary/aromatic N) is 2. The van der Waals surface area contributed by atoms with Gasteiger partial charge in [0.05, 0.1) is 0 Å². The highest BCUT2D eigenvalue weighted by molar-refractivity contribution is 7.87. The number of benzene rings is 3. The fourth-order valence-corrected chi connectivity index (χ4v) is 5.76. The summed E-state index contributed by atoms with van der Waals surface area (Å²) in [5, 5.41) is 0. The van der Waals surface area contributed by atoms with Gasteiger partial charge in [0.1, 0.15) is 10.6 Å². The van der Waals surface area contributed by atoms with Crippen molar-refractivity contribution in [1.29, 1.82) is 0 Å². The summed E-state index contributed by atoms with van der Waals surface area (Å²) in [7, 11) is -4.23. The summed E-state index contributed by atoms with van der Waals surface area (Å²) in [5.41, 5.74) is 11.1. The third-order valence-electron chi connectivity index (χ3n) is 6.20. The van der Waals surface area contributed by atoms with Gasteiger partial charge in [-0.3, -0.25) is 4.79 Å². The van der Waals surface area contributed by atoms with Gasteiger partial charge in [0, 0.05) is 22.6 Å². The standard InChI is InChI=1S/C28H25N2O4S/c1-19(2)18-28(3,20-8-5-4-6-9-20)21-12-14-22(15-13-21)34-35(32,33)26-11-7-10-24-23(26)16-17-25(30-29)27(24)31/h5-17,19H,18H2,1-3H3. The van der Waals surface area contributed by atoms with Crippen molar-refractivity contribution >= 4 is 27.7 Å². The second-order valence-corrected chi connectivity index (χ2v) is 10.7. The molecule has 0 aliphatic heterocycles. The Hall–Kier alpha value is -3.80. The van der Waals surface area contributed by atoms with Crippen molar-refractivity contribution in [3.05, 3.63) is 107 Å². The number of Topliss-reactive ketones (excluding diaryl/α,β-unsaturated/α-hetero) is 1. The van der Waals surface area contributed by atoms with Crippen molar-refractivity contribution in [1.82, 2.24) is 0 Å². The predicted octanol–water partition coefficient (Wildman–Crippen LogP) is 5.49. The van der Waals surface area contributed by atoms with Crippen LogP contribution in [0.25, 0.3) is 11.6 Å². The van der Waals surface area contributed by atoms with E-state index in [1.165, 1.54) is 30.4 Å². The molecule has 7 heteroatoms. The summed E-state index contributed by atoms with van der Waals surface area (Å²) in [6, 6.07) is 22.3. The van der Waals surface area contributed by atoms with Crippen molar-refractivity contribution in [2.24, 2.45) is 5.92 Å². The van der Waals surface area contributed by atoms with Crippen LogP contribution in [0.5, 0.6) is 5.75 Å². The molecule has 3 aromatic carbocycles. The maximum atomic E-state index is 13.1. The average molecular weight is 486 g/mol. The Bertz CT molecular complexity index is 1450. The molecule has 0 bridgehead atoms. The highest BCUT2D eigenvalue weighted by Gasteiger charge is 2.32. The van der Waals surface area contributed by atoms with E-state index < -0.39 is 15.9 Å². The van der Waals surface area contributed by atoms with Gasteiger partial charge in [0.25, 0.3) is 5.78 Å². The third-order valence-corrected chi connectivity index (χ3v) is 7.50. The van der Waals surface area contributed by atoms with Crippen LogP contribution >= 0.6 is 0 Å². The normalized spacial score (nSPS) is 14.9. The summed E-state index contributed by atoms with van der Waals surface area (Å²) >= 11 is 0. The molecule has 6 nitrogen and oxygen atoms in total. The number of carbonyl (C=O) groups is 1. The van der Waals surface area contributed by atoms with Crippen LogP contribution in [0.2, 0.25) is 0 Å². The summed E-state index contributed by atoms with van der Waals surface area (Å²) < 4.78 is 31.7. The Labute approximate surface area is 205 Å². The molecule has 0 N–H and O–H groups in total. The summed E-state index contributed by atoms with van der Waals surface area (Å²) in [6.45, 7) is 6.53. The lowest BCUT2D eigenvalue weighted by Gasteiger charge is -2.33. The van der Waals surface area contributed by atoms with Crippen molar-refractivity contribution in [2.75, 3.05) is 0 Å². The van der Waals surface area contributed by atoms with Crippen LogP contribution in [0.1, 0.15) is 54.2 Å². The van der Waals surface area contributed by atoms with Crippen molar-refractivity contribution < 1.29 is 22.2 Å². The summed E-state index contributed by atoms with van der Waals surface area (Å²) in [6.07, 6.45) is 3.61. The smallest absolute Gasteiger partial charge is 0.362 e. The molecule has 4 rings (SSSR count). The van der Waals surface area contributed by atoms with Gasteiger partial charge in [0.15, 0.2) is 0 Å². The van der Waals surface area contributed by atoms with Gasteiger partial charge in [0.2, 0.25) is 0 Å². The molecule has 0 saturated heterocycles. The summed E-state index contributed by atoms with van der Waals surface area (Å²) in [5.74, 6) is 0.0506. The number of allylic oxidation sites excluding steroid dienone is 1. The van der Waals surface area contributed by atoms with Crippen LogP contribution in [0, 0.1) is 12.0 Å². The van der Waals surface area contributed by atoms with E-state index in [4.69, 9.17) is 9.71 Å². The van der Waals surface area contributed by atoms with Gasteiger partial charge >= 0.3 is 15.8 Å². The van der Waals surface area contributed by atoms with E-state index in [1.54, 1.807) is 12.1 Å². The molecule has 3 aromatic rings. The van der Waals surface area contributed by atoms with E-state index in [0.29, 0.717) is 5.92 Å². The molecule has 0 aromatic heterocycles. The average Bonchev–Trinajstić information content (AvgIpc) is 2.84. The largest absolute Gasteiger partial charge is 0.379 e. The Morgan fingerprint density at radius 2 is 1.66 bits per heavy atom. The molecular formula is C28H25N2O4S. The number of carbonyl (C=O) groups excluding carboxylic acids is 1. The molecule has 35 heavy (non-hydrogen) atoms. The van der Waals surface area contributed by atoms with Crippen LogP contribution in [0.3, 0.4) is 0 Å².